The minimum Gasteiger partial charge on any atom is -0.545 e. The molecule has 0 spiro atoms. The average Bonchev–Trinajstić information content (AvgIpc) is 2.39. The number of anilines is 1. The molecule has 0 bridgehead atoms. The Hall–Kier alpha value is -2.09. The normalized spacial score (nSPS) is 15.4. The van der Waals surface area contributed by atoms with Crippen molar-refractivity contribution in [2.75, 3.05) is 18.0 Å². The van der Waals surface area contributed by atoms with E-state index in [2.05, 4.69) is 4.98 Å². The zero-order valence-electron chi connectivity index (χ0n) is 9.43. The van der Waals surface area contributed by atoms with Gasteiger partial charge >= 0.3 is 5.69 Å². The first-order chi connectivity index (χ1) is 8.22. The molecule has 2 rings (SSSR count). The van der Waals surface area contributed by atoms with Gasteiger partial charge in [-0.1, -0.05) is 0 Å². The van der Waals surface area contributed by atoms with Crippen LogP contribution in [0.15, 0.2) is 18.2 Å². The van der Waals surface area contributed by atoms with Crippen molar-refractivity contribution in [1.82, 2.24) is 0 Å². The SMILES string of the molecule is N#[N+]c1ccc(N2CCCCC2)c(C(=O)[O-])c1. The minimum absolute atomic E-state index is 0.0854. The van der Waals surface area contributed by atoms with Crippen molar-refractivity contribution in [3.8, 4) is 0 Å². The molecule has 0 amide bonds. The highest BCUT2D eigenvalue weighted by molar-refractivity contribution is 5.94. The quantitative estimate of drug-likeness (QED) is 0.723. The number of carboxylic acid groups (broad SMARTS) is 1. The van der Waals surface area contributed by atoms with Gasteiger partial charge in [0.05, 0.1) is 5.97 Å². The van der Waals surface area contributed by atoms with E-state index in [-0.39, 0.29) is 11.3 Å². The van der Waals surface area contributed by atoms with Gasteiger partial charge < -0.3 is 14.8 Å². The summed E-state index contributed by atoms with van der Waals surface area (Å²) in [5.41, 5.74) is 0.962. The van der Waals surface area contributed by atoms with Crippen LogP contribution in [-0.2, 0) is 0 Å². The second-order valence-corrected chi connectivity index (χ2v) is 4.14. The van der Waals surface area contributed by atoms with E-state index in [0.29, 0.717) is 5.69 Å². The van der Waals surface area contributed by atoms with Crippen molar-refractivity contribution in [3.05, 3.63) is 28.7 Å². The van der Waals surface area contributed by atoms with Crippen LogP contribution in [0.2, 0.25) is 0 Å². The van der Waals surface area contributed by atoms with Crippen LogP contribution in [0.3, 0.4) is 0 Å². The predicted molar refractivity (Wildman–Crippen MR) is 61.6 cm³/mol. The second kappa shape index (κ2) is 4.83. The van der Waals surface area contributed by atoms with Crippen LogP contribution >= 0.6 is 0 Å². The first-order valence-corrected chi connectivity index (χ1v) is 5.68. The third kappa shape index (κ3) is 2.36. The maximum Gasteiger partial charge on any atom is 0.385 e. The first-order valence-electron chi connectivity index (χ1n) is 5.68. The van der Waals surface area contributed by atoms with E-state index in [1.165, 1.54) is 12.5 Å². The first kappa shape index (κ1) is 11.4. The molecular weight excluding hydrogens is 218 g/mol. The zero-order chi connectivity index (χ0) is 12.3. The summed E-state index contributed by atoms with van der Waals surface area (Å²) in [6.07, 6.45) is 3.32. The van der Waals surface area contributed by atoms with Crippen LogP contribution in [0, 0.1) is 5.39 Å². The monoisotopic (exact) mass is 231 g/mol. The molecular formula is C12H13N3O2. The average molecular weight is 231 g/mol. The van der Waals surface area contributed by atoms with Crippen molar-refractivity contribution in [2.45, 2.75) is 19.3 Å². The van der Waals surface area contributed by atoms with E-state index in [1.54, 1.807) is 12.1 Å². The number of carbonyl (C=O) groups is 1. The van der Waals surface area contributed by atoms with E-state index in [4.69, 9.17) is 5.39 Å². The molecule has 0 N–H and O–H groups in total. The van der Waals surface area contributed by atoms with Crippen molar-refractivity contribution < 1.29 is 9.90 Å². The molecule has 1 aromatic carbocycles. The summed E-state index contributed by atoms with van der Waals surface area (Å²) >= 11 is 0. The van der Waals surface area contributed by atoms with Gasteiger partial charge in [0.25, 0.3) is 0 Å². The third-order valence-electron chi connectivity index (χ3n) is 3.01. The molecule has 5 nitrogen and oxygen atoms in total. The highest BCUT2D eigenvalue weighted by Crippen LogP contribution is 2.27. The Kier molecular flexibility index (Phi) is 3.24. The lowest BCUT2D eigenvalue weighted by atomic mass is 10.1. The molecule has 0 aromatic heterocycles. The number of nitrogens with zero attached hydrogens (tertiary/aromatic N) is 3. The molecule has 1 aliphatic heterocycles. The van der Waals surface area contributed by atoms with Gasteiger partial charge in [0.15, 0.2) is 4.98 Å². The van der Waals surface area contributed by atoms with Crippen LogP contribution in [0.5, 0.6) is 0 Å². The Morgan fingerprint density at radius 3 is 2.59 bits per heavy atom. The van der Waals surface area contributed by atoms with E-state index in [0.717, 1.165) is 25.9 Å². The molecule has 0 radical (unpaired) electrons. The van der Waals surface area contributed by atoms with Crippen molar-refractivity contribution in [3.63, 3.8) is 0 Å². The molecule has 1 heterocycles. The molecule has 0 aliphatic carbocycles. The maximum atomic E-state index is 11.1. The fraction of sp³-hybridized carbons (Fsp3) is 0.417. The Morgan fingerprint density at radius 1 is 1.29 bits per heavy atom. The van der Waals surface area contributed by atoms with Crippen molar-refractivity contribution in [2.24, 2.45) is 0 Å². The number of diazo groups is 1. The molecule has 88 valence electrons. The number of rotatable bonds is 2. The van der Waals surface area contributed by atoms with Gasteiger partial charge in [0, 0.05) is 36.5 Å². The largest absolute Gasteiger partial charge is 0.545 e. The summed E-state index contributed by atoms with van der Waals surface area (Å²) in [5.74, 6) is -1.24. The lowest BCUT2D eigenvalue weighted by Gasteiger charge is -2.30. The summed E-state index contributed by atoms with van der Waals surface area (Å²) in [6, 6.07) is 4.60. The van der Waals surface area contributed by atoms with E-state index >= 15 is 0 Å². The van der Waals surface area contributed by atoms with Crippen LogP contribution in [0.4, 0.5) is 11.4 Å². The molecule has 5 heteroatoms. The number of hydrogen-bond acceptors (Lipinski definition) is 4. The Morgan fingerprint density at radius 2 is 2.00 bits per heavy atom. The highest BCUT2D eigenvalue weighted by Gasteiger charge is 2.18. The zero-order valence-corrected chi connectivity index (χ0v) is 9.43. The topological polar surface area (TPSA) is 71.5 Å². The predicted octanol–water partition coefficient (Wildman–Crippen LogP) is 1.52. The number of hydrogen-bond donors (Lipinski definition) is 0. The van der Waals surface area contributed by atoms with Gasteiger partial charge in [-0.15, -0.1) is 0 Å². The van der Waals surface area contributed by atoms with E-state index in [9.17, 15) is 9.90 Å². The third-order valence-corrected chi connectivity index (χ3v) is 3.01. The van der Waals surface area contributed by atoms with E-state index < -0.39 is 5.97 Å². The molecule has 1 saturated heterocycles. The summed E-state index contributed by atoms with van der Waals surface area (Å²) in [5, 5.41) is 19.7. The maximum absolute atomic E-state index is 11.1. The number of carboxylic acids is 1. The van der Waals surface area contributed by atoms with Crippen molar-refractivity contribution in [1.29, 1.82) is 5.39 Å². The van der Waals surface area contributed by atoms with Crippen molar-refractivity contribution >= 4 is 17.3 Å². The summed E-state index contributed by atoms with van der Waals surface area (Å²) < 4.78 is 0. The van der Waals surface area contributed by atoms with Crippen LogP contribution in [0.25, 0.3) is 4.98 Å². The van der Waals surface area contributed by atoms with Gasteiger partial charge in [-0.2, -0.15) is 0 Å². The van der Waals surface area contributed by atoms with E-state index in [1.807, 2.05) is 4.90 Å². The summed E-state index contributed by atoms with van der Waals surface area (Å²) in [6.45, 7) is 1.71. The fourth-order valence-corrected chi connectivity index (χ4v) is 2.16. The lowest BCUT2D eigenvalue weighted by molar-refractivity contribution is -0.254. The molecule has 17 heavy (non-hydrogen) atoms. The van der Waals surface area contributed by atoms with Crippen LogP contribution in [-0.4, -0.2) is 19.1 Å². The molecule has 1 aliphatic rings. The molecule has 0 unspecified atom stereocenters. The van der Waals surface area contributed by atoms with Gasteiger partial charge in [-0.05, 0) is 25.3 Å². The Balaban J connectivity index is 2.38. The fourth-order valence-electron chi connectivity index (χ4n) is 2.16. The molecule has 0 saturated carbocycles. The lowest BCUT2D eigenvalue weighted by Crippen LogP contribution is -2.33. The van der Waals surface area contributed by atoms with Gasteiger partial charge in [-0.25, -0.2) is 0 Å². The number of piperidine rings is 1. The Labute approximate surface area is 99.3 Å². The van der Waals surface area contributed by atoms with Gasteiger partial charge in [0.1, 0.15) is 0 Å². The number of benzene rings is 1. The second-order valence-electron chi connectivity index (χ2n) is 4.14. The minimum atomic E-state index is -1.24. The Bertz CT molecular complexity index is 473. The smallest absolute Gasteiger partial charge is 0.385 e. The molecule has 1 aromatic rings. The standard InChI is InChI=1S/C12H13N3O2/c13-14-9-4-5-11(10(8-9)12(16)17)15-6-2-1-3-7-15/h4-5,8H,1-3,6-7H2. The molecule has 1 fully saturated rings. The summed E-state index contributed by atoms with van der Waals surface area (Å²) in [4.78, 5) is 16.1. The summed E-state index contributed by atoms with van der Waals surface area (Å²) in [7, 11) is 0. The van der Waals surface area contributed by atoms with Gasteiger partial charge in [-0.3, -0.25) is 0 Å². The highest BCUT2D eigenvalue weighted by atomic mass is 16.4. The van der Waals surface area contributed by atoms with Crippen LogP contribution < -0.4 is 10.0 Å². The number of aromatic carboxylic acids is 1. The number of carbonyl (C=O) groups excluding carboxylic acids is 1. The van der Waals surface area contributed by atoms with Gasteiger partial charge in [0.2, 0.25) is 5.39 Å². The van der Waals surface area contributed by atoms with Crippen LogP contribution in [0.1, 0.15) is 29.6 Å². The molecule has 0 atom stereocenters.